The number of rotatable bonds is 4. The minimum Gasteiger partial charge on any atom is -0.444 e. The zero-order valence-electron chi connectivity index (χ0n) is 15.7. The van der Waals surface area contributed by atoms with Crippen LogP contribution in [-0.4, -0.2) is 40.6 Å². The Morgan fingerprint density at radius 1 is 1.23 bits per heavy atom. The van der Waals surface area contributed by atoms with Crippen molar-refractivity contribution in [3.05, 3.63) is 33.9 Å². The van der Waals surface area contributed by atoms with Gasteiger partial charge in [-0.2, -0.15) is 0 Å². The molecule has 26 heavy (non-hydrogen) atoms. The fourth-order valence-electron chi connectivity index (χ4n) is 3.25. The third kappa shape index (κ3) is 4.65. The molecule has 1 saturated heterocycles. The molecule has 1 heterocycles. The second kappa shape index (κ2) is 7.13. The van der Waals surface area contributed by atoms with Gasteiger partial charge in [-0.1, -0.05) is 6.07 Å². The molecule has 0 bridgehead atoms. The van der Waals surface area contributed by atoms with Crippen molar-refractivity contribution in [2.24, 2.45) is 0 Å². The molecule has 2 fully saturated rings. The van der Waals surface area contributed by atoms with E-state index in [2.05, 4.69) is 5.32 Å². The van der Waals surface area contributed by atoms with Crippen LogP contribution in [0.25, 0.3) is 0 Å². The van der Waals surface area contributed by atoms with Crippen LogP contribution in [0.2, 0.25) is 0 Å². The fraction of sp³-hybridized carbons (Fsp3) is 0.632. The number of nitrogens with one attached hydrogen (secondary N) is 1. The summed E-state index contributed by atoms with van der Waals surface area (Å²) in [6.45, 7) is 6.73. The van der Waals surface area contributed by atoms with Gasteiger partial charge in [0.15, 0.2) is 0 Å². The predicted molar refractivity (Wildman–Crippen MR) is 99.5 cm³/mol. The molecule has 1 aromatic rings. The van der Waals surface area contributed by atoms with Crippen LogP contribution >= 0.6 is 0 Å². The predicted octanol–water partition coefficient (Wildman–Crippen LogP) is 4.28. The van der Waals surface area contributed by atoms with Gasteiger partial charge in [-0.25, -0.2) is 4.79 Å². The van der Waals surface area contributed by atoms with Crippen LogP contribution in [0.3, 0.4) is 0 Å². The molecular formula is C19H27N3O4. The number of carbonyl (C=O) groups excluding carboxylic acids is 1. The Bertz CT molecular complexity index is 687. The van der Waals surface area contributed by atoms with E-state index in [0.717, 1.165) is 25.7 Å². The molecule has 1 amide bonds. The van der Waals surface area contributed by atoms with Gasteiger partial charge in [0.05, 0.1) is 4.92 Å². The average Bonchev–Trinajstić information content (AvgIpc) is 3.38. The molecule has 7 heteroatoms. The third-order valence-electron chi connectivity index (χ3n) is 4.77. The molecule has 2 aliphatic rings. The first-order chi connectivity index (χ1) is 12.2. The number of hydrogen-bond acceptors (Lipinski definition) is 5. The molecule has 142 valence electrons. The largest absolute Gasteiger partial charge is 0.444 e. The lowest BCUT2D eigenvalue weighted by atomic mass is 10.0. The molecule has 1 N–H and O–H groups in total. The van der Waals surface area contributed by atoms with Crippen molar-refractivity contribution in [1.29, 1.82) is 0 Å². The highest BCUT2D eigenvalue weighted by Gasteiger charge is 2.29. The Labute approximate surface area is 153 Å². The summed E-state index contributed by atoms with van der Waals surface area (Å²) in [5, 5.41) is 14.7. The summed E-state index contributed by atoms with van der Waals surface area (Å²) in [7, 11) is 0. The Kier molecular flexibility index (Phi) is 5.07. The number of nitro groups is 1. The summed E-state index contributed by atoms with van der Waals surface area (Å²) < 4.78 is 5.41. The van der Waals surface area contributed by atoms with Crippen LogP contribution in [0.15, 0.2) is 18.2 Å². The SMILES string of the molecule is CC(C)(C)OC(=O)N1CCC(Nc2cc(C3CC3)ccc2[N+](=O)[O-])CC1. The first-order valence-electron chi connectivity index (χ1n) is 9.26. The number of piperidine rings is 1. The van der Waals surface area contributed by atoms with Crippen molar-refractivity contribution in [1.82, 2.24) is 4.90 Å². The first kappa shape index (κ1) is 18.5. The Balaban J connectivity index is 1.61. The van der Waals surface area contributed by atoms with Crippen LogP contribution in [0.4, 0.5) is 16.2 Å². The van der Waals surface area contributed by atoms with Gasteiger partial charge >= 0.3 is 6.09 Å². The van der Waals surface area contributed by atoms with Gasteiger partial charge in [-0.05, 0) is 64.0 Å². The molecule has 1 aliphatic heterocycles. The van der Waals surface area contributed by atoms with Crippen LogP contribution in [0.1, 0.15) is 57.9 Å². The number of benzene rings is 1. The summed E-state index contributed by atoms with van der Waals surface area (Å²) >= 11 is 0. The highest BCUT2D eigenvalue weighted by Crippen LogP contribution is 2.42. The maximum Gasteiger partial charge on any atom is 0.410 e. The minimum atomic E-state index is -0.504. The standard InChI is InChI=1S/C19H27N3O4/c1-19(2,3)26-18(23)21-10-8-15(9-11-21)20-16-12-14(13-4-5-13)6-7-17(16)22(24)25/h6-7,12-13,15,20H,4-5,8-11H2,1-3H3. The molecule has 1 saturated carbocycles. The van der Waals surface area contributed by atoms with Gasteiger partial charge in [0.25, 0.3) is 5.69 Å². The summed E-state index contributed by atoms with van der Waals surface area (Å²) in [5.41, 5.74) is 1.37. The van der Waals surface area contributed by atoms with E-state index in [-0.39, 0.29) is 22.7 Å². The smallest absolute Gasteiger partial charge is 0.410 e. The Hall–Kier alpha value is -2.31. The van der Waals surface area contributed by atoms with Crippen LogP contribution in [0.5, 0.6) is 0 Å². The molecule has 3 rings (SSSR count). The van der Waals surface area contributed by atoms with E-state index in [1.807, 2.05) is 32.9 Å². The van der Waals surface area contributed by atoms with Gasteiger partial charge in [-0.15, -0.1) is 0 Å². The number of amides is 1. The summed E-state index contributed by atoms with van der Waals surface area (Å²) in [6.07, 6.45) is 3.50. The average molecular weight is 361 g/mol. The van der Waals surface area contributed by atoms with Crippen LogP contribution < -0.4 is 5.32 Å². The van der Waals surface area contributed by atoms with E-state index < -0.39 is 5.60 Å². The molecular weight excluding hydrogens is 334 g/mol. The van der Waals surface area contributed by atoms with Crippen molar-refractivity contribution >= 4 is 17.5 Å². The molecule has 0 unspecified atom stereocenters. The van der Waals surface area contributed by atoms with E-state index in [1.54, 1.807) is 11.0 Å². The van der Waals surface area contributed by atoms with Crippen molar-refractivity contribution < 1.29 is 14.5 Å². The zero-order valence-corrected chi connectivity index (χ0v) is 15.7. The Morgan fingerprint density at radius 2 is 1.88 bits per heavy atom. The second-order valence-corrected chi connectivity index (χ2v) is 8.19. The number of nitro benzene ring substituents is 1. The van der Waals surface area contributed by atoms with Crippen molar-refractivity contribution in [2.75, 3.05) is 18.4 Å². The lowest BCUT2D eigenvalue weighted by Gasteiger charge is -2.34. The van der Waals surface area contributed by atoms with Crippen LogP contribution in [0, 0.1) is 10.1 Å². The second-order valence-electron chi connectivity index (χ2n) is 8.19. The molecule has 1 aliphatic carbocycles. The third-order valence-corrected chi connectivity index (χ3v) is 4.77. The molecule has 0 aromatic heterocycles. The number of hydrogen-bond donors (Lipinski definition) is 1. The lowest BCUT2D eigenvalue weighted by Crippen LogP contribution is -2.44. The molecule has 1 aromatic carbocycles. The maximum absolute atomic E-state index is 12.1. The van der Waals surface area contributed by atoms with Crippen molar-refractivity contribution in [3.8, 4) is 0 Å². The van der Waals surface area contributed by atoms with E-state index in [4.69, 9.17) is 4.74 Å². The minimum absolute atomic E-state index is 0.113. The topological polar surface area (TPSA) is 84.7 Å². The number of carbonyl (C=O) groups is 1. The number of likely N-dealkylation sites (tertiary alicyclic amines) is 1. The monoisotopic (exact) mass is 361 g/mol. The van der Waals surface area contributed by atoms with Gasteiger partial charge < -0.3 is 15.0 Å². The van der Waals surface area contributed by atoms with E-state index >= 15 is 0 Å². The van der Waals surface area contributed by atoms with Crippen molar-refractivity contribution in [2.45, 2.75) is 64.0 Å². The quantitative estimate of drug-likeness (QED) is 0.639. The van der Waals surface area contributed by atoms with E-state index in [0.29, 0.717) is 24.7 Å². The number of ether oxygens (including phenoxy) is 1. The molecule has 0 radical (unpaired) electrons. The molecule has 0 atom stereocenters. The number of anilines is 1. The first-order valence-corrected chi connectivity index (χ1v) is 9.26. The van der Waals surface area contributed by atoms with Crippen molar-refractivity contribution in [3.63, 3.8) is 0 Å². The summed E-state index contributed by atoms with van der Waals surface area (Å²) in [6, 6.07) is 5.51. The van der Waals surface area contributed by atoms with E-state index in [1.165, 1.54) is 5.56 Å². The van der Waals surface area contributed by atoms with Gasteiger partial charge in [-0.3, -0.25) is 10.1 Å². The fourth-order valence-corrected chi connectivity index (χ4v) is 3.25. The molecule has 7 nitrogen and oxygen atoms in total. The summed E-state index contributed by atoms with van der Waals surface area (Å²) in [5.74, 6) is 0.547. The van der Waals surface area contributed by atoms with E-state index in [9.17, 15) is 14.9 Å². The highest BCUT2D eigenvalue weighted by molar-refractivity contribution is 5.68. The lowest BCUT2D eigenvalue weighted by molar-refractivity contribution is -0.384. The van der Waals surface area contributed by atoms with Gasteiger partial charge in [0, 0.05) is 25.2 Å². The van der Waals surface area contributed by atoms with Gasteiger partial charge in [0.2, 0.25) is 0 Å². The normalized spacial score (nSPS) is 18.5. The Morgan fingerprint density at radius 3 is 2.42 bits per heavy atom. The maximum atomic E-state index is 12.1. The zero-order chi connectivity index (χ0) is 18.9. The number of nitrogens with zero attached hydrogens (tertiary/aromatic N) is 2. The van der Waals surface area contributed by atoms with Crippen LogP contribution in [-0.2, 0) is 4.74 Å². The molecule has 0 spiro atoms. The highest BCUT2D eigenvalue weighted by atomic mass is 16.6. The summed E-state index contributed by atoms with van der Waals surface area (Å²) in [4.78, 5) is 24.8. The van der Waals surface area contributed by atoms with Gasteiger partial charge in [0.1, 0.15) is 11.3 Å².